The van der Waals surface area contributed by atoms with E-state index in [4.69, 9.17) is 4.74 Å². The van der Waals surface area contributed by atoms with Gasteiger partial charge in [-0.3, -0.25) is 0 Å². The lowest BCUT2D eigenvalue weighted by Gasteiger charge is -2.28. The van der Waals surface area contributed by atoms with E-state index in [0.29, 0.717) is 0 Å². The zero-order chi connectivity index (χ0) is 8.93. The van der Waals surface area contributed by atoms with Crippen molar-refractivity contribution in [2.45, 2.75) is 32.1 Å². The van der Waals surface area contributed by atoms with Crippen molar-refractivity contribution < 1.29 is 4.74 Å². The molecule has 2 rings (SSSR count). The number of nitrogens with zero attached hydrogens (tertiary/aromatic N) is 1. The number of rotatable bonds is 1. The van der Waals surface area contributed by atoms with Crippen molar-refractivity contribution in [1.29, 1.82) is 0 Å². The van der Waals surface area contributed by atoms with E-state index in [-0.39, 0.29) is 0 Å². The Kier molecular flexibility index (Phi) is 3.25. The third kappa shape index (κ3) is 2.47. The molecule has 2 nitrogen and oxygen atoms in total. The molecule has 0 saturated carbocycles. The molecule has 2 heteroatoms. The predicted octanol–water partition coefficient (Wildman–Crippen LogP) is 2.17. The summed E-state index contributed by atoms with van der Waals surface area (Å²) < 4.78 is 5.32. The quantitative estimate of drug-likeness (QED) is 0.614. The van der Waals surface area contributed by atoms with Crippen LogP contribution in [0.3, 0.4) is 0 Å². The molecule has 0 aromatic carbocycles. The fourth-order valence-corrected chi connectivity index (χ4v) is 2.16. The first-order valence-electron chi connectivity index (χ1n) is 5.48. The number of likely N-dealkylation sites (tertiary alicyclic amines) is 1. The minimum Gasteiger partial charge on any atom is -0.377 e. The van der Waals surface area contributed by atoms with Crippen molar-refractivity contribution in [2.75, 3.05) is 26.3 Å². The topological polar surface area (TPSA) is 12.5 Å². The smallest absolute Gasteiger partial charge is 0.0667 e. The molecule has 0 radical (unpaired) electrons. The predicted molar refractivity (Wildman–Crippen MR) is 53.6 cm³/mol. The van der Waals surface area contributed by atoms with Gasteiger partial charge in [0.15, 0.2) is 0 Å². The molecule has 0 spiro atoms. The second-order valence-electron chi connectivity index (χ2n) is 3.92. The summed E-state index contributed by atoms with van der Waals surface area (Å²) in [5, 5.41) is 0. The maximum atomic E-state index is 5.32. The molecule has 2 aliphatic rings. The summed E-state index contributed by atoms with van der Waals surface area (Å²) in [6.07, 6.45) is 8.96. The maximum Gasteiger partial charge on any atom is 0.0667 e. The summed E-state index contributed by atoms with van der Waals surface area (Å²) in [5.41, 5.74) is 1.54. The molecule has 0 aliphatic carbocycles. The number of hydrogen-bond acceptors (Lipinski definition) is 2. The van der Waals surface area contributed by atoms with E-state index in [1.165, 1.54) is 44.5 Å². The molecule has 0 unspecified atom stereocenters. The van der Waals surface area contributed by atoms with E-state index >= 15 is 0 Å². The van der Waals surface area contributed by atoms with E-state index in [0.717, 1.165) is 19.6 Å². The Balaban J connectivity index is 1.92. The minimum absolute atomic E-state index is 0.825. The van der Waals surface area contributed by atoms with Gasteiger partial charge >= 0.3 is 0 Å². The average molecular weight is 181 g/mol. The van der Waals surface area contributed by atoms with Crippen LogP contribution in [0, 0.1) is 0 Å². The third-order valence-electron chi connectivity index (χ3n) is 2.95. The van der Waals surface area contributed by atoms with Gasteiger partial charge in [-0.25, -0.2) is 0 Å². The molecule has 2 heterocycles. The van der Waals surface area contributed by atoms with Crippen LogP contribution in [0.4, 0.5) is 0 Å². The van der Waals surface area contributed by atoms with Gasteiger partial charge in [-0.1, -0.05) is 12.8 Å². The second kappa shape index (κ2) is 4.66. The average Bonchev–Trinajstić information content (AvgIpc) is 2.47. The maximum absolute atomic E-state index is 5.32. The van der Waals surface area contributed by atoms with Crippen molar-refractivity contribution in [1.82, 2.24) is 4.90 Å². The van der Waals surface area contributed by atoms with E-state index in [9.17, 15) is 0 Å². The molecule has 0 amide bonds. The Hall–Kier alpha value is -0.500. The lowest BCUT2D eigenvalue weighted by molar-refractivity contribution is 0.140. The SMILES string of the molecule is C1=C(N2CCCCCC2)CCOC1. The molecule has 13 heavy (non-hydrogen) atoms. The van der Waals surface area contributed by atoms with Crippen LogP contribution < -0.4 is 0 Å². The van der Waals surface area contributed by atoms with Crippen LogP contribution in [0.5, 0.6) is 0 Å². The first-order chi connectivity index (χ1) is 6.47. The number of ether oxygens (including phenoxy) is 1. The Labute approximate surface area is 80.6 Å². The van der Waals surface area contributed by atoms with Gasteiger partial charge in [-0.2, -0.15) is 0 Å². The third-order valence-corrected chi connectivity index (χ3v) is 2.95. The Morgan fingerprint density at radius 1 is 1.08 bits per heavy atom. The summed E-state index contributed by atoms with van der Waals surface area (Å²) in [6.45, 7) is 4.28. The van der Waals surface area contributed by atoms with Crippen molar-refractivity contribution >= 4 is 0 Å². The summed E-state index contributed by atoms with van der Waals surface area (Å²) in [5.74, 6) is 0. The first-order valence-corrected chi connectivity index (χ1v) is 5.48. The van der Waals surface area contributed by atoms with Gasteiger partial charge < -0.3 is 9.64 Å². The van der Waals surface area contributed by atoms with Crippen LogP contribution >= 0.6 is 0 Å². The van der Waals surface area contributed by atoms with E-state index in [1.54, 1.807) is 0 Å². The molecule has 0 N–H and O–H groups in total. The Morgan fingerprint density at radius 2 is 1.85 bits per heavy atom. The highest BCUT2D eigenvalue weighted by Gasteiger charge is 2.13. The highest BCUT2D eigenvalue weighted by atomic mass is 16.5. The van der Waals surface area contributed by atoms with Crippen LogP contribution in [-0.4, -0.2) is 31.2 Å². The van der Waals surface area contributed by atoms with Gasteiger partial charge in [0.25, 0.3) is 0 Å². The minimum atomic E-state index is 0.825. The fraction of sp³-hybridized carbons (Fsp3) is 0.818. The lowest BCUT2D eigenvalue weighted by atomic mass is 10.2. The van der Waals surface area contributed by atoms with Crippen molar-refractivity contribution in [3.05, 3.63) is 11.8 Å². The fourth-order valence-electron chi connectivity index (χ4n) is 2.16. The van der Waals surface area contributed by atoms with Gasteiger partial charge in [-0.05, 0) is 18.9 Å². The Bertz CT molecular complexity index is 181. The van der Waals surface area contributed by atoms with Crippen molar-refractivity contribution in [3.63, 3.8) is 0 Å². The Morgan fingerprint density at radius 3 is 2.46 bits per heavy atom. The van der Waals surface area contributed by atoms with Crippen LogP contribution in [0.2, 0.25) is 0 Å². The molecule has 1 saturated heterocycles. The van der Waals surface area contributed by atoms with Gasteiger partial charge in [0.05, 0.1) is 13.2 Å². The molecule has 1 fully saturated rings. The van der Waals surface area contributed by atoms with Gasteiger partial charge in [0.1, 0.15) is 0 Å². The van der Waals surface area contributed by atoms with Crippen LogP contribution in [0.1, 0.15) is 32.1 Å². The molecule has 2 aliphatic heterocycles. The van der Waals surface area contributed by atoms with Crippen LogP contribution in [-0.2, 0) is 4.74 Å². The summed E-state index contributed by atoms with van der Waals surface area (Å²) >= 11 is 0. The monoisotopic (exact) mass is 181 g/mol. The highest BCUT2D eigenvalue weighted by molar-refractivity contribution is 5.04. The van der Waals surface area contributed by atoms with E-state index in [2.05, 4.69) is 11.0 Å². The number of hydrogen-bond donors (Lipinski definition) is 0. The highest BCUT2D eigenvalue weighted by Crippen LogP contribution is 2.18. The zero-order valence-electron chi connectivity index (χ0n) is 8.30. The van der Waals surface area contributed by atoms with E-state index < -0.39 is 0 Å². The normalized spacial score (nSPS) is 25.2. The molecular formula is C11H19NO. The largest absolute Gasteiger partial charge is 0.377 e. The van der Waals surface area contributed by atoms with Gasteiger partial charge in [0, 0.05) is 25.2 Å². The van der Waals surface area contributed by atoms with Crippen LogP contribution in [0.25, 0.3) is 0 Å². The van der Waals surface area contributed by atoms with Crippen molar-refractivity contribution in [2.24, 2.45) is 0 Å². The van der Waals surface area contributed by atoms with Gasteiger partial charge in [-0.15, -0.1) is 0 Å². The summed E-state index contributed by atoms with van der Waals surface area (Å²) in [4.78, 5) is 2.56. The lowest BCUT2D eigenvalue weighted by Crippen LogP contribution is -2.26. The van der Waals surface area contributed by atoms with Crippen molar-refractivity contribution in [3.8, 4) is 0 Å². The van der Waals surface area contributed by atoms with Gasteiger partial charge in [0.2, 0.25) is 0 Å². The van der Waals surface area contributed by atoms with Crippen LogP contribution in [0.15, 0.2) is 11.8 Å². The molecule has 0 bridgehead atoms. The molecule has 0 atom stereocenters. The molecule has 0 aromatic rings. The first kappa shape index (κ1) is 9.07. The van der Waals surface area contributed by atoms with E-state index in [1.807, 2.05) is 0 Å². The standard InChI is InChI=1S/C11H19NO/c1-2-4-8-12(7-3-1)11-5-9-13-10-6-11/h5H,1-4,6-10H2. The molecular weight excluding hydrogens is 162 g/mol. The summed E-state index contributed by atoms with van der Waals surface area (Å²) in [6, 6.07) is 0. The zero-order valence-corrected chi connectivity index (χ0v) is 8.30. The summed E-state index contributed by atoms with van der Waals surface area (Å²) in [7, 11) is 0. The molecule has 0 aromatic heterocycles. The molecule has 74 valence electrons. The second-order valence-corrected chi connectivity index (χ2v) is 3.92.